The van der Waals surface area contributed by atoms with E-state index in [0.717, 1.165) is 5.56 Å². The molecule has 2 rings (SSSR count). The Bertz CT molecular complexity index is 421. The van der Waals surface area contributed by atoms with E-state index in [9.17, 15) is 4.79 Å². The summed E-state index contributed by atoms with van der Waals surface area (Å²) in [6.45, 7) is 1.96. The molecule has 0 saturated heterocycles. The van der Waals surface area contributed by atoms with Crippen molar-refractivity contribution in [1.82, 2.24) is 15.5 Å². The minimum Gasteiger partial charge on any atom is -0.345 e. The molecule has 2 heterocycles. The van der Waals surface area contributed by atoms with Gasteiger partial charge in [-0.15, -0.1) is 0 Å². The first-order chi connectivity index (χ1) is 7.27. The zero-order valence-corrected chi connectivity index (χ0v) is 9.04. The second kappa shape index (κ2) is 4.27. The first-order valence-electron chi connectivity index (χ1n) is 4.59. The molecule has 1 atom stereocenters. The van der Waals surface area contributed by atoms with Crippen LogP contribution in [0.4, 0.5) is 0 Å². The first kappa shape index (κ1) is 9.92. The lowest BCUT2D eigenvalue weighted by Crippen LogP contribution is -2.25. The Labute approximate surface area is 91.3 Å². The Kier molecular flexibility index (Phi) is 2.82. The molecule has 4 nitrogen and oxygen atoms in total. The topological polar surface area (TPSA) is 57.8 Å². The molecule has 78 valence electrons. The molecule has 1 unspecified atom stereocenters. The highest BCUT2D eigenvalue weighted by Gasteiger charge is 2.11. The van der Waals surface area contributed by atoms with Crippen molar-refractivity contribution in [3.63, 3.8) is 0 Å². The number of hydrogen-bond acceptors (Lipinski definition) is 3. The average molecular weight is 221 g/mol. The van der Waals surface area contributed by atoms with Crippen LogP contribution in [0.25, 0.3) is 0 Å². The van der Waals surface area contributed by atoms with Crippen LogP contribution < -0.4 is 5.32 Å². The van der Waals surface area contributed by atoms with Crippen LogP contribution in [0.3, 0.4) is 0 Å². The number of nitrogens with zero attached hydrogens (tertiary/aromatic N) is 1. The highest BCUT2D eigenvalue weighted by Crippen LogP contribution is 2.15. The van der Waals surface area contributed by atoms with Gasteiger partial charge in [0.25, 0.3) is 5.91 Å². The number of H-pyrrole nitrogens is 1. The van der Waals surface area contributed by atoms with Crippen molar-refractivity contribution in [3.8, 4) is 0 Å². The van der Waals surface area contributed by atoms with Crippen LogP contribution >= 0.6 is 11.3 Å². The van der Waals surface area contributed by atoms with Crippen molar-refractivity contribution in [2.24, 2.45) is 0 Å². The largest absolute Gasteiger partial charge is 0.345 e. The number of aromatic nitrogens is 2. The van der Waals surface area contributed by atoms with E-state index in [2.05, 4.69) is 15.5 Å². The van der Waals surface area contributed by atoms with Gasteiger partial charge in [-0.2, -0.15) is 16.4 Å². The lowest BCUT2D eigenvalue weighted by Gasteiger charge is -2.11. The molecular formula is C10H11N3OS. The van der Waals surface area contributed by atoms with E-state index in [1.54, 1.807) is 17.5 Å². The Hall–Kier alpha value is -1.62. The summed E-state index contributed by atoms with van der Waals surface area (Å²) in [5.41, 5.74) is 1.67. The zero-order chi connectivity index (χ0) is 10.7. The average Bonchev–Trinajstić information content (AvgIpc) is 2.91. The van der Waals surface area contributed by atoms with E-state index in [-0.39, 0.29) is 11.9 Å². The molecule has 0 saturated carbocycles. The van der Waals surface area contributed by atoms with Gasteiger partial charge < -0.3 is 5.32 Å². The van der Waals surface area contributed by atoms with E-state index in [1.165, 1.54) is 6.20 Å². The van der Waals surface area contributed by atoms with Crippen LogP contribution in [0.5, 0.6) is 0 Å². The summed E-state index contributed by atoms with van der Waals surface area (Å²) in [5.74, 6) is -0.109. The third-order valence-corrected chi connectivity index (χ3v) is 2.85. The third-order valence-electron chi connectivity index (χ3n) is 2.15. The Morgan fingerprint density at radius 3 is 3.13 bits per heavy atom. The van der Waals surface area contributed by atoms with Crippen LogP contribution in [-0.4, -0.2) is 16.1 Å². The van der Waals surface area contributed by atoms with E-state index in [0.29, 0.717) is 5.56 Å². The predicted molar refractivity (Wildman–Crippen MR) is 58.8 cm³/mol. The van der Waals surface area contributed by atoms with Crippen LogP contribution in [-0.2, 0) is 0 Å². The van der Waals surface area contributed by atoms with E-state index >= 15 is 0 Å². The lowest BCUT2D eigenvalue weighted by molar-refractivity contribution is 0.0940. The van der Waals surface area contributed by atoms with Gasteiger partial charge in [-0.1, -0.05) is 0 Å². The van der Waals surface area contributed by atoms with Crippen LogP contribution in [0.1, 0.15) is 28.9 Å². The fourth-order valence-electron chi connectivity index (χ4n) is 1.26. The van der Waals surface area contributed by atoms with Gasteiger partial charge in [0, 0.05) is 6.20 Å². The van der Waals surface area contributed by atoms with Crippen molar-refractivity contribution >= 4 is 17.2 Å². The number of carbonyl (C=O) groups excluding carboxylic acids is 1. The van der Waals surface area contributed by atoms with Gasteiger partial charge >= 0.3 is 0 Å². The highest BCUT2D eigenvalue weighted by atomic mass is 32.1. The number of rotatable bonds is 3. The van der Waals surface area contributed by atoms with Crippen LogP contribution in [0, 0.1) is 0 Å². The molecule has 5 heteroatoms. The number of hydrogen-bond donors (Lipinski definition) is 2. The molecule has 2 aromatic heterocycles. The molecule has 0 aliphatic rings. The minimum absolute atomic E-state index is 0.0265. The summed E-state index contributed by atoms with van der Waals surface area (Å²) in [6.07, 6.45) is 3.09. The Morgan fingerprint density at radius 1 is 1.67 bits per heavy atom. The number of amides is 1. The summed E-state index contributed by atoms with van der Waals surface area (Å²) in [5, 5.41) is 13.3. The van der Waals surface area contributed by atoms with Gasteiger partial charge in [-0.3, -0.25) is 9.89 Å². The molecule has 0 bridgehead atoms. The standard InChI is InChI=1S/C10H11N3OS/c1-7(8-2-3-15-6-8)13-10(14)9-4-11-12-5-9/h2-7H,1H3,(H,11,12)(H,13,14). The molecule has 0 aliphatic carbocycles. The molecule has 0 fully saturated rings. The molecule has 0 radical (unpaired) electrons. The fraction of sp³-hybridized carbons (Fsp3) is 0.200. The summed E-state index contributed by atoms with van der Waals surface area (Å²) < 4.78 is 0. The summed E-state index contributed by atoms with van der Waals surface area (Å²) in [7, 11) is 0. The Balaban J connectivity index is 2.01. The maximum absolute atomic E-state index is 11.6. The van der Waals surface area contributed by atoms with Gasteiger partial charge in [-0.25, -0.2) is 0 Å². The highest BCUT2D eigenvalue weighted by molar-refractivity contribution is 7.07. The lowest BCUT2D eigenvalue weighted by atomic mass is 10.2. The number of carbonyl (C=O) groups is 1. The summed E-state index contributed by atoms with van der Waals surface area (Å²) in [6, 6.07) is 2.03. The number of nitrogens with one attached hydrogen (secondary N) is 2. The van der Waals surface area contributed by atoms with Crippen molar-refractivity contribution in [1.29, 1.82) is 0 Å². The second-order valence-corrected chi connectivity index (χ2v) is 4.02. The van der Waals surface area contributed by atoms with E-state index in [1.807, 2.05) is 23.8 Å². The Morgan fingerprint density at radius 2 is 2.53 bits per heavy atom. The van der Waals surface area contributed by atoms with Gasteiger partial charge in [0.2, 0.25) is 0 Å². The van der Waals surface area contributed by atoms with Gasteiger partial charge in [-0.05, 0) is 29.3 Å². The van der Waals surface area contributed by atoms with Gasteiger partial charge in [0.15, 0.2) is 0 Å². The quantitative estimate of drug-likeness (QED) is 0.832. The van der Waals surface area contributed by atoms with Crippen molar-refractivity contribution < 1.29 is 4.79 Å². The summed E-state index contributed by atoms with van der Waals surface area (Å²) in [4.78, 5) is 11.6. The first-order valence-corrected chi connectivity index (χ1v) is 5.53. The molecule has 2 aromatic rings. The number of aromatic amines is 1. The van der Waals surface area contributed by atoms with E-state index < -0.39 is 0 Å². The SMILES string of the molecule is CC(NC(=O)c1cn[nH]c1)c1ccsc1. The monoisotopic (exact) mass is 221 g/mol. The summed E-state index contributed by atoms with van der Waals surface area (Å²) >= 11 is 1.62. The van der Waals surface area contributed by atoms with Crippen molar-refractivity contribution in [3.05, 3.63) is 40.3 Å². The zero-order valence-electron chi connectivity index (χ0n) is 8.23. The molecular weight excluding hydrogens is 210 g/mol. The third kappa shape index (κ3) is 2.24. The molecule has 15 heavy (non-hydrogen) atoms. The minimum atomic E-state index is -0.109. The molecule has 0 aliphatic heterocycles. The molecule has 1 amide bonds. The number of thiophene rings is 1. The second-order valence-electron chi connectivity index (χ2n) is 3.24. The molecule has 2 N–H and O–H groups in total. The van der Waals surface area contributed by atoms with Gasteiger partial charge in [0.05, 0.1) is 17.8 Å². The maximum Gasteiger partial charge on any atom is 0.254 e. The fourth-order valence-corrected chi connectivity index (χ4v) is 2.01. The van der Waals surface area contributed by atoms with Crippen LogP contribution in [0.2, 0.25) is 0 Å². The maximum atomic E-state index is 11.6. The van der Waals surface area contributed by atoms with Gasteiger partial charge in [0.1, 0.15) is 0 Å². The van der Waals surface area contributed by atoms with Crippen molar-refractivity contribution in [2.45, 2.75) is 13.0 Å². The van der Waals surface area contributed by atoms with Crippen LogP contribution in [0.15, 0.2) is 29.2 Å². The molecule has 0 spiro atoms. The normalized spacial score (nSPS) is 12.3. The van der Waals surface area contributed by atoms with Crippen molar-refractivity contribution in [2.75, 3.05) is 0 Å². The smallest absolute Gasteiger partial charge is 0.254 e. The van der Waals surface area contributed by atoms with E-state index in [4.69, 9.17) is 0 Å². The predicted octanol–water partition coefficient (Wildman–Crippen LogP) is 1.96. The molecule has 0 aromatic carbocycles.